The van der Waals surface area contributed by atoms with Crippen molar-refractivity contribution in [2.45, 2.75) is 19.3 Å². The summed E-state index contributed by atoms with van der Waals surface area (Å²) in [6, 6.07) is 16.0. The molecule has 0 radical (unpaired) electrons. The standard InChI is InChI=1S/C21H24N2O5/c1-27-20(25)9-5-6-14-22-19(24)15-23-21(26)16-10-12-18(13-11-16)28-17-7-3-2-4-8-17/h2-4,7-8,10-13H,5-6,9,14-15H2,1H3,(H,22,24)(H,23,26). The molecule has 0 aliphatic rings. The van der Waals surface area contributed by atoms with E-state index in [4.69, 9.17) is 4.74 Å². The first-order valence-corrected chi connectivity index (χ1v) is 9.03. The second-order valence-corrected chi connectivity index (χ2v) is 6.01. The van der Waals surface area contributed by atoms with Gasteiger partial charge in [-0.25, -0.2) is 0 Å². The van der Waals surface area contributed by atoms with Gasteiger partial charge in [-0.3, -0.25) is 14.4 Å². The Morgan fingerprint density at radius 2 is 1.54 bits per heavy atom. The molecule has 0 aliphatic carbocycles. The van der Waals surface area contributed by atoms with Crippen LogP contribution in [0, 0.1) is 0 Å². The maximum absolute atomic E-state index is 12.1. The Kier molecular flexibility index (Phi) is 8.52. The van der Waals surface area contributed by atoms with Gasteiger partial charge in [-0.05, 0) is 49.2 Å². The fraction of sp³-hybridized carbons (Fsp3) is 0.286. The van der Waals surface area contributed by atoms with Gasteiger partial charge < -0.3 is 20.1 Å². The Hall–Kier alpha value is -3.35. The number of amides is 2. The number of hydrogen-bond acceptors (Lipinski definition) is 5. The van der Waals surface area contributed by atoms with Crippen molar-refractivity contribution < 1.29 is 23.9 Å². The summed E-state index contributed by atoms with van der Waals surface area (Å²) >= 11 is 0. The van der Waals surface area contributed by atoms with E-state index in [-0.39, 0.29) is 24.3 Å². The monoisotopic (exact) mass is 384 g/mol. The van der Waals surface area contributed by atoms with Crippen LogP contribution in [0.2, 0.25) is 0 Å². The molecular formula is C21H24N2O5. The van der Waals surface area contributed by atoms with Gasteiger partial charge in [-0.2, -0.15) is 0 Å². The molecule has 2 aromatic rings. The normalized spacial score (nSPS) is 10.0. The van der Waals surface area contributed by atoms with Crippen molar-refractivity contribution in [2.75, 3.05) is 20.2 Å². The van der Waals surface area contributed by atoms with Gasteiger partial charge in [0.05, 0.1) is 13.7 Å². The zero-order valence-electron chi connectivity index (χ0n) is 15.8. The molecule has 7 heteroatoms. The molecule has 0 aliphatic heterocycles. The van der Waals surface area contributed by atoms with Crippen LogP contribution in [0.4, 0.5) is 0 Å². The molecule has 0 aromatic heterocycles. The van der Waals surface area contributed by atoms with Gasteiger partial charge in [0.25, 0.3) is 5.91 Å². The smallest absolute Gasteiger partial charge is 0.305 e. The quantitative estimate of drug-likeness (QED) is 0.485. The van der Waals surface area contributed by atoms with Crippen molar-refractivity contribution in [1.82, 2.24) is 10.6 Å². The van der Waals surface area contributed by atoms with E-state index in [1.807, 2.05) is 30.3 Å². The summed E-state index contributed by atoms with van der Waals surface area (Å²) in [5.41, 5.74) is 0.436. The summed E-state index contributed by atoms with van der Waals surface area (Å²) in [5, 5.41) is 5.26. The lowest BCUT2D eigenvalue weighted by Crippen LogP contribution is -2.37. The van der Waals surface area contributed by atoms with Gasteiger partial charge in [0, 0.05) is 18.5 Å². The summed E-state index contributed by atoms with van der Waals surface area (Å²) in [7, 11) is 1.34. The number of unbranched alkanes of at least 4 members (excludes halogenated alkanes) is 1. The summed E-state index contributed by atoms with van der Waals surface area (Å²) in [5.74, 6) is 0.441. The Morgan fingerprint density at radius 1 is 0.857 bits per heavy atom. The maximum Gasteiger partial charge on any atom is 0.305 e. The van der Waals surface area contributed by atoms with Crippen molar-refractivity contribution in [3.8, 4) is 11.5 Å². The van der Waals surface area contributed by atoms with Crippen molar-refractivity contribution >= 4 is 17.8 Å². The zero-order valence-corrected chi connectivity index (χ0v) is 15.8. The SMILES string of the molecule is COC(=O)CCCCNC(=O)CNC(=O)c1ccc(Oc2ccccc2)cc1. The van der Waals surface area contributed by atoms with E-state index in [1.165, 1.54) is 7.11 Å². The van der Waals surface area contributed by atoms with Crippen LogP contribution in [0.25, 0.3) is 0 Å². The van der Waals surface area contributed by atoms with E-state index in [0.717, 1.165) is 0 Å². The largest absolute Gasteiger partial charge is 0.469 e. The summed E-state index contributed by atoms with van der Waals surface area (Å²) in [6.45, 7) is 0.329. The predicted molar refractivity (Wildman–Crippen MR) is 104 cm³/mol. The number of rotatable bonds is 10. The molecule has 2 amide bonds. The van der Waals surface area contributed by atoms with E-state index in [2.05, 4.69) is 15.4 Å². The number of nitrogens with one attached hydrogen (secondary N) is 2. The Labute approximate surface area is 164 Å². The molecule has 0 saturated heterocycles. The second-order valence-electron chi connectivity index (χ2n) is 6.01. The molecule has 0 unspecified atom stereocenters. The number of esters is 1. The molecule has 0 bridgehead atoms. The highest BCUT2D eigenvalue weighted by Gasteiger charge is 2.08. The van der Waals surface area contributed by atoms with E-state index >= 15 is 0 Å². The third-order valence-corrected chi connectivity index (χ3v) is 3.86. The van der Waals surface area contributed by atoms with E-state index in [0.29, 0.717) is 42.9 Å². The topological polar surface area (TPSA) is 93.7 Å². The lowest BCUT2D eigenvalue weighted by molar-refractivity contribution is -0.140. The third-order valence-electron chi connectivity index (χ3n) is 3.86. The van der Waals surface area contributed by atoms with Crippen LogP contribution in [0.1, 0.15) is 29.6 Å². The van der Waals surface area contributed by atoms with E-state index in [1.54, 1.807) is 24.3 Å². The second kappa shape index (κ2) is 11.4. The average Bonchev–Trinajstić information content (AvgIpc) is 2.72. The number of benzene rings is 2. The van der Waals surface area contributed by atoms with E-state index < -0.39 is 0 Å². The van der Waals surface area contributed by atoms with Gasteiger partial charge >= 0.3 is 5.97 Å². The van der Waals surface area contributed by atoms with Crippen molar-refractivity contribution in [3.05, 3.63) is 60.2 Å². The minimum atomic E-state index is -0.341. The van der Waals surface area contributed by atoms with Crippen LogP contribution >= 0.6 is 0 Å². The minimum Gasteiger partial charge on any atom is -0.469 e. The van der Waals surface area contributed by atoms with Crippen LogP contribution in [0.15, 0.2) is 54.6 Å². The predicted octanol–water partition coefficient (Wildman–Crippen LogP) is 2.67. The summed E-state index contributed by atoms with van der Waals surface area (Å²) in [6.07, 6.45) is 1.63. The van der Waals surface area contributed by atoms with Crippen LogP contribution in [0.3, 0.4) is 0 Å². The number of ether oxygens (including phenoxy) is 2. The Balaban J connectivity index is 1.68. The van der Waals surface area contributed by atoms with E-state index in [9.17, 15) is 14.4 Å². The van der Waals surface area contributed by atoms with Gasteiger partial charge in [0.15, 0.2) is 0 Å². The molecule has 2 rings (SSSR count). The first kappa shape index (κ1) is 21.0. The van der Waals surface area contributed by atoms with Gasteiger partial charge in [0.1, 0.15) is 11.5 Å². The molecule has 28 heavy (non-hydrogen) atoms. The van der Waals surface area contributed by atoms with Crippen LogP contribution in [-0.2, 0) is 14.3 Å². The van der Waals surface area contributed by atoms with Crippen molar-refractivity contribution in [3.63, 3.8) is 0 Å². The number of para-hydroxylation sites is 1. The molecule has 0 spiro atoms. The number of carbonyl (C=O) groups is 3. The Bertz CT molecular complexity index is 775. The minimum absolute atomic E-state index is 0.113. The number of hydrogen-bond donors (Lipinski definition) is 2. The zero-order chi connectivity index (χ0) is 20.2. The maximum atomic E-state index is 12.1. The molecule has 0 atom stereocenters. The molecule has 2 N–H and O–H groups in total. The summed E-state index contributed by atoms with van der Waals surface area (Å²) in [4.78, 5) is 34.8. The average molecular weight is 384 g/mol. The van der Waals surface area contributed by atoms with Crippen molar-refractivity contribution in [2.24, 2.45) is 0 Å². The molecule has 0 heterocycles. The lowest BCUT2D eigenvalue weighted by atomic mass is 10.2. The van der Waals surface area contributed by atoms with Crippen LogP contribution in [-0.4, -0.2) is 38.0 Å². The highest BCUT2D eigenvalue weighted by atomic mass is 16.5. The van der Waals surface area contributed by atoms with Crippen LogP contribution in [0.5, 0.6) is 11.5 Å². The third kappa shape index (κ3) is 7.49. The van der Waals surface area contributed by atoms with Crippen LogP contribution < -0.4 is 15.4 Å². The number of methoxy groups -OCH3 is 1. The van der Waals surface area contributed by atoms with Gasteiger partial charge in [-0.1, -0.05) is 18.2 Å². The molecule has 148 valence electrons. The van der Waals surface area contributed by atoms with Crippen molar-refractivity contribution in [1.29, 1.82) is 0 Å². The summed E-state index contributed by atoms with van der Waals surface area (Å²) < 4.78 is 10.2. The van der Waals surface area contributed by atoms with Gasteiger partial charge in [0.2, 0.25) is 5.91 Å². The molecular weight excluding hydrogens is 360 g/mol. The molecule has 2 aromatic carbocycles. The highest BCUT2D eigenvalue weighted by molar-refractivity contribution is 5.96. The lowest BCUT2D eigenvalue weighted by Gasteiger charge is -2.08. The van der Waals surface area contributed by atoms with Gasteiger partial charge in [-0.15, -0.1) is 0 Å². The highest BCUT2D eigenvalue weighted by Crippen LogP contribution is 2.21. The number of carbonyl (C=O) groups excluding carboxylic acids is 3. The first-order valence-electron chi connectivity index (χ1n) is 9.03. The Morgan fingerprint density at radius 3 is 2.21 bits per heavy atom. The first-order chi connectivity index (χ1) is 13.6. The molecule has 0 fully saturated rings. The molecule has 0 saturated carbocycles. The molecule has 7 nitrogen and oxygen atoms in total. The fourth-order valence-corrected chi connectivity index (χ4v) is 2.35. The fourth-order valence-electron chi connectivity index (χ4n) is 2.35.